The molecule has 1 aliphatic heterocycles. The van der Waals surface area contributed by atoms with E-state index in [1.807, 2.05) is 38.8 Å². The van der Waals surface area contributed by atoms with Crippen molar-refractivity contribution in [3.63, 3.8) is 0 Å². The minimum atomic E-state index is -4.83. The van der Waals surface area contributed by atoms with E-state index < -0.39 is 30.0 Å². The van der Waals surface area contributed by atoms with Crippen LogP contribution in [-0.2, 0) is 5.41 Å². The highest BCUT2D eigenvalue weighted by atomic mass is 19.4. The number of halogens is 3. The van der Waals surface area contributed by atoms with Crippen molar-refractivity contribution in [3.05, 3.63) is 71.2 Å². The van der Waals surface area contributed by atoms with E-state index in [4.69, 9.17) is 5.73 Å². The van der Waals surface area contributed by atoms with Gasteiger partial charge in [0.15, 0.2) is 5.60 Å². The first-order valence-corrected chi connectivity index (χ1v) is 11.3. The maximum absolute atomic E-state index is 13.9. The molecular weight excluding hydrogens is 427 g/mol. The lowest BCUT2D eigenvalue weighted by Crippen LogP contribution is -2.50. The summed E-state index contributed by atoms with van der Waals surface area (Å²) in [6.45, 7) is 10.2. The summed E-state index contributed by atoms with van der Waals surface area (Å²) in [5.74, 6) is 0.789. The van der Waals surface area contributed by atoms with Gasteiger partial charge in [0, 0.05) is 31.9 Å². The summed E-state index contributed by atoms with van der Waals surface area (Å²) in [5.41, 5.74) is 3.58. The van der Waals surface area contributed by atoms with Gasteiger partial charge in [0.05, 0.1) is 0 Å². The zero-order valence-corrected chi connectivity index (χ0v) is 20.6. The Balaban J connectivity index is 0.00000265. The Kier molecular flexibility index (Phi) is 10.4. The van der Waals surface area contributed by atoms with Gasteiger partial charge >= 0.3 is 6.18 Å². The summed E-state index contributed by atoms with van der Waals surface area (Å²) in [4.78, 5) is 6.30. The molecule has 1 heterocycles. The highest BCUT2D eigenvalue weighted by molar-refractivity contribution is 5.74. The Hall–Kier alpha value is -2.54. The molecule has 4 nitrogen and oxygen atoms in total. The molecule has 1 atom stereocenters. The topological polar surface area (TPSA) is 61.8 Å². The molecule has 0 aromatic heterocycles. The third-order valence-electron chi connectivity index (χ3n) is 5.57. The molecule has 7 heteroatoms. The molecule has 1 aliphatic rings. The van der Waals surface area contributed by atoms with Crippen LogP contribution in [0.3, 0.4) is 0 Å². The van der Waals surface area contributed by atoms with Gasteiger partial charge in [-0.2, -0.15) is 13.2 Å². The first kappa shape index (κ1) is 28.5. The van der Waals surface area contributed by atoms with Crippen LogP contribution in [0.2, 0.25) is 0 Å². The maximum Gasteiger partial charge on any atom is 0.417 e. The average molecular weight is 466 g/mol. The minimum Gasteiger partial charge on any atom is -0.402 e. The van der Waals surface area contributed by atoms with E-state index in [-0.39, 0.29) is 5.70 Å². The first-order valence-electron chi connectivity index (χ1n) is 11.3. The van der Waals surface area contributed by atoms with Crippen molar-refractivity contribution in [2.75, 3.05) is 13.6 Å². The lowest BCUT2D eigenvalue weighted by Gasteiger charge is -2.38. The fraction of sp³-hybridized carbons (Fsp3) is 0.500. The molecule has 0 amide bonds. The van der Waals surface area contributed by atoms with E-state index >= 15 is 0 Å². The Morgan fingerprint density at radius 1 is 1.18 bits per heavy atom. The van der Waals surface area contributed by atoms with Crippen LogP contribution in [-0.4, -0.2) is 41.6 Å². The van der Waals surface area contributed by atoms with Gasteiger partial charge in [-0.05, 0) is 54.5 Å². The molecule has 3 N–H and O–H groups in total. The summed E-state index contributed by atoms with van der Waals surface area (Å²) in [7, 11) is 1.91. The number of hydrogen-bond acceptors (Lipinski definition) is 4. The van der Waals surface area contributed by atoms with Crippen LogP contribution in [0.5, 0.6) is 0 Å². The number of alkyl halides is 3. The summed E-state index contributed by atoms with van der Waals surface area (Å²) in [6.07, 6.45) is 1.19. The lowest BCUT2D eigenvalue weighted by atomic mass is 9.73. The monoisotopic (exact) mass is 465 g/mol. The highest BCUT2D eigenvalue weighted by Crippen LogP contribution is 2.44. The number of benzene rings is 1. The van der Waals surface area contributed by atoms with Crippen molar-refractivity contribution < 1.29 is 18.3 Å². The SMILES string of the molecule is CC.CCN(C)C1=CCC(/C=C(\N)CC(O)(CC(C)(C)c2ccccc2)C(F)(F)F)=CC=N1. The molecule has 1 aromatic carbocycles. The van der Waals surface area contributed by atoms with Crippen molar-refractivity contribution in [3.8, 4) is 0 Å². The molecule has 184 valence electrons. The van der Waals surface area contributed by atoms with Gasteiger partial charge in [0.2, 0.25) is 0 Å². The van der Waals surface area contributed by atoms with Gasteiger partial charge in [0.25, 0.3) is 0 Å². The number of nitrogens with two attached hydrogens (primary N) is 1. The number of aliphatic hydroxyl groups is 1. The van der Waals surface area contributed by atoms with Crippen molar-refractivity contribution in [1.82, 2.24) is 4.90 Å². The van der Waals surface area contributed by atoms with Gasteiger partial charge in [-0.25, -0.2) is 4.99 Å². The van der Waals surface area contributed by atoms with E-state index in [1.165, 1.54) is 6.08 Å². The lowest BCUT2D eigenvalue weighted by molar-refractivity contribution is -0.266. The van der Waals surface area contributed by atoms with Crippen LogP contribution in [0.25, 0.3) is 0 Å². The molecule has 33 heavy (non-hydrogen) atoms. The third kappa shape index (κ3) is 8.07. The predicted octanol–water partition coefficient (Wildman–Crippen LogP) is 6.10. The van der Waals surface area contributed by atoms with Crippen LogP contribution in [0.4, 0.5) is 13.2 Å². The zero-order chi connectivity index (χ0) is 25.3. The van der Waals surface area contributed by atoms with Crippen LogP contribution in [0, 0.1) is 0 Å². The number of allylic oxidation sites excluding steroid dienone is 4. The van der Waals surface area contributed by atoms with Crippen molar-refractivity contribution in [2.45, 2.75) is 71.1 Å². The molecule has 0 fully saturated rings. The van der Waals surface area contributed by atoms with Gasteiger partial charge in [-0.15, -0.1) is 0 Å². The highest BCUT2D eigenvalue weighted by Gasteiger charge is 2.55. The van der Waals surface area contributed by atoms with Crippen LogP contribution < -0.4 is 5.73 Å². The molecule has 0 aliphatic carbocycles. The summed E-state index contributed by atoms with van der Waals surface area (Å²) < 4.78 is 41.8. The molecular formula is C26H38F3N3O. The summed E-state index contributed by atoms with van der Waals surface area (Å²) in [5, 5.41) is 10.7. The average Bonchev–Trinajstić information content (AvgIpc) is 2.99. The van der Waals surface area contributed by atoms with E-state index in [0.717, 1.165) is 23.5 Å². The molecule has 1 unspecified atom stereocenters. The van der Waals surface area contributed by atoms with Crippen molar-refractivity contribution >= 4 is 6.21 Å². The number of rotatable bonds is 8. The van der Waals surface area contributed by atoms with Crippen LogP contribution in [0.1, 0.15) is 59.4 Å². The number of nitrogens with zero attached hydrogens (tertiary/aromatic N) is 2. The number of hydrogen-bond donors (Lipinski definition) is 2. The second kappa shape index (κ2) is 12.1. The smallest absolute Gasteiger partial charge is 0.402 e. The third-order valence-corrected chi connectivity index (χ3v) is 5.57. The van der Waals surface area contributed by atoms with Crippen LogP contribution in [0.15, 0.2) is 70.6 Å². The molecule has 1 aromatic rings. The fourth-order valence-electron chi connectivity index (χ4n) is 3.67. The van der Waals surface area contributed by atoms with Gasteiger partial charge in [0.1, 0.15) is 5.82 Å². The zero-order valence-electron chi connectivity index (χ0n) is 20.6. The Morgan fingerprint density at radius 3 is 2.33 bits per heavy atom. The van der Waals surface area contributed by atoms with Crippen LogP contribution >= 0.6 is 0 Å². The molecule has 0 saturated heterocycles. The molecule has 2 rings (SSSR count). The molecule has 0 radical (unpaired) electrons. The van der Waals surface area contributed by atoms with Crippen molar-refractivity contribution in [2.24, 2.45) is 10.7 Å². The summed E-state index contributed by atoms with van der Waals surface area (Å²) >= 11 is 0. The minimum absolute atomic E-state index is 0.0240. The first-order chi connectivity index (χ1) is 15.4. The van der Waals surface area contributed by atoms with E-state index in [0.29, 0.717) is 6.42 Å². The molecule has 0 bridgehead atoms. The Bertz CT molecular complexity index is 871. The Labute approximate surface area is 196 Å². The normalized spacial score (nSPS) is 16.6. The quantitative estimate of drug-likeness (QED) is 0.488. The van der Waals surface area contributed by atoms with Crippen molar-refractivity contribution in [1.29, 1.82) is 0 Å². The summed E-state index contributed by atoms with van der Waals surface area (Å²) in [6, 6.07) is 8.88. The van der Waals surface area contributed by atoms with E-state index in [9.17, 15) is 18.3 Å². The molecule has 0 saturated carbocycles. The fourth-order valence-corrected chi connectivity index (χ4v) is 3.67. The van der Waals surface area contributed by atoms with E-state index in [2.05, 4.69) is 4.99 Å². The maximum atomic E-state index is 13.9. The van der Waals surface area contributed by atoms with Gasteiger partial charge < -0.3 is 15.7 Å². The number of aliphatic imine (C=N–C) groups is 1. The standard InChI is InChI=1S/C24H32F3N3O.C2H6/c1-5-30(4)21-12-11-18(13-14-29-21)15-20(28)16-23(31,24(25,26)27)17-22(2,3)19-9-7-6-8-10-19;1-2/h6-10,12-15,31H,5,11,16-17,28H2,1-4H3;1-2H3/b20-15-;. The van der Waals surface area contributed by atoms with E-state index in [1.54, 1.807) is 56.5 Å². The van der Waals surface area contributed by atoms with Gasteiger partial charge in [-0.1, -0.05) is 58.0 Å². The largest absolute Gasteiger partial charge is 0.417 e. The predicted molar refractivity (Wildman–Crippen MR) is 131 cm³/mol. The van der Waals surface area contributed by atoms with Gasteiger partial charge in [-0.3, -0.25) is 0 Å². The molecule has 0 spiro atoms. The Morgan fingerprint density at radius 2 is 1.79 bits per heavy atom. The second-order valence-electron chi connectivity index (χ2n) is 8.65. The second-order valence-corrected chi connectivity index (χ2v) is 8.65.